The second-order valence-electron chi connectivity index (χ2n) is 3.40. The van der Waals surface area contributed by atoms with Gasteiger partial charge in [0.25, 0.3) is 0 Å². The first-order chi connectivity index (χ1) is 8.28. The van der Waals surface area contributed by atoms with E-state index in [2.05, 4.69) is 0 Å². The molecule has 0 saturated heterocycles. The molecule has 0 spiro atoms. The summed E-state index contributed by atoms with van der Waals surface area (Å²) in [5.74, 6) is 1.92. The lowest BCUT2D eigenvalue weighted by atomic mass is 10.1. The summed E-state index contributed by atoms with van der Waals surface area (Å²) in [5.41, 5.74) is 6.38. The highest BCUT2D eigenvalue weighted by Crippen LogP contribution is 2.40. The van der Waals surface area contributed by atoms with Gasteiger partial charge in [-0.1, -0.05) is 12.2 Å². The van der Waals surface area contributed by atoms with Crippen molar-refractivity contribution < 1.29 is 14.2 Å². The zero-order valence-electron chi connectivity index (χ0n) is 10.5. The molecule has 0 heterocycles. The Labute approximate surface area is 102 Å². The summed E-state index contributed by atoms with van der Waals surface area (Å²) in [4.78, 5) is 0. The fourth-order valence-electron chi connectivity index (χ4n) is 1.56. The lowest BCUT2D eigenvalue weighted by molar-refractivity contribution is 0.324. The van der Waals surface area contributed by atoms with Gasteiger partial charge in [-0.2, -0.15) is 0 Å². The number of benzene rings is 1. The Morgan fingerprint density at radius 2 is 1.76 bits per heavy atom. The van der Waals surface area contributed by atoms with Crippen molar-refractivity contribution in [1.29, 1.82) is 0 Å². The number of rotatable bonds is 6. The van der Waals surface area contributed by atoms with Crippen molar-refractivity contribution >= 4 is 6.08 Å². The van der Waals surface area contributed by atoms with Gasteiger partial charge in [-0.15, -0.1) is 0 Å². The van der Waals surface area contributed by atoms with Crippen LogP contribution in [0.15, 0.2) is 18.2 Å². The molecule has 0 fully saturated rings. The molecule has 0 saturated carbocycles. The van der Waals surface area contributed by atoms with E-state index in [1.807, 2.05) is 24.3 Å². The van der Waals surface area contributed by atoms with Crippen molar-refractivity contribution in [3.8, 4) is 17.2 Å². The average Bonchev–Trinajstić information content (AvgIpc) is 2.38. The molecule has 0 aromatic heterocycles. The number of methoxy groups -OCH3 is 3. The summed E-state index contributed by atoms with van der Waals surface area (Å²) in [5, 5.41) is 0. The van der Waals surface area contributed by atoms with E-state index < -0.39 is 0 Å². The summed E-state index contributed by atoms with van der Waals surface area (Å²) in [7, 11) is 4.80. The van der Waals surface area contributed by atoms with E-state index in [1.165, 1.54) is 0 Å². The third kappa shape index (κ3) is 3.14. The largest absolute Gasteiger partial charge is 0.493 e. The highest BCUT2D eigenvalue weighted by atomic mass is 16.5. The lowest BCUT2D eigenvalue weighted by Crippen LogP contribution is -1.97. The van der Waals surface area contributed by atoms with E-state index in [0.717, 1.165) is 12.0 Å². The molecule has 4 heteroatoms. The molecule has 17 heavy (non-hydrogen) atoms. The van der Waals surface area contributed by atoms with E-state index in [0.29, 0.717) is 23.8 Å². The maximum atomic E-state index is 5.44. The Balaban J connectivity index is 3.14. The molecular weight excluding hydrogens is 218 g/mol. The summed E-state index contributed by atoms with van der Waals surface area (Å²) in [6, 6.07) is 3.77. The van der Waals surface area contributed by atoms with Gasteiger partial charge in [-0.05, 0) is 25.1 Å². The molecule has 0 aliphatic carbocycles. The molecule has 1 aromatic carbocycles. The van der Waals surface area contributed by atoms with Gasteiger partial charge in [0.2, 0.25) is 5.75 Å². The quantitative estimate of drug-likeness (QED) is 0.823. The molecule has 1 aromatic rings. The van der Waals surface area contributed by atoms with E-state index in [1.54, 1.807) is 21.3 Å². The van der Waals surface area contributed by atoms with Crippen LogP contribution in [-0.4, -0.2) is 27.9 Å². The fraction of sp³-hybridized carbons (Fsp3) is 0.385. The minimum absolute atomic E-state index is 0.602. The van der Waals surface area contributed by atoms with Gasteiger partial charge in [-0.3, -0.25) is 0 Å². The van der Waals surface area contributed by atoms with Crippen LogP contribution in [0.3, 0.4) is 0 Å². The Kier molecular flexibility index (Phi) is 5.36. The van der Waals surface area contributed by atoms with E-state index in [9.17, 15) is 0 Å². The van der Waals surface area contributed by atoms with Crippen molar-refractivity contribution in [1.82, 2.24) is 0 Å². The van der Waals surface area contributed by atoms with Crippen molar-refractivity contribution in [2.24, 2.45) is 5.73 Å². The summed E-state index contributed by atoms with van der Waals surface area (Å²) >= 11 is 0. The molecule has 2 N–H and O–H groups in total. The number of hydrogen-bond donors (Lipinski definition) is 1. The van der Waals surface area contributed by atoms with Crippen molar-refractivity contribution in [3.05, 3.63) is 23.8 Å². The summed E-state index contributed by atoms with van der Waals surface area (Å²) < 4.78 is 15.9. The summed E-state index contributed by atoms with van der Waals surface area (Å²) in [6.45, 7) is 0.631. The topological polar surface area (TPSA) is 53.7 Å². The van der Waals surface area contributed by atoms with Gasteiger partial charge in [0, 0.05) is 5.56 Å². The molecule has 4 nitrogen and oxygen atoms in total. The van der Waals surface area contributed by atoms with Crippen LogP contribution in [0.1, 0.15) is 12.0 Å². The Morgan fingerprint density at radius 1 is 1.06 bits per heavy atom. The number of nitrogens with two attached hydrogens (primary N) is 1. The van der Waals surface area contributed by atoms with Gasteiger partial charge in [0.15, 0.2) is 11.5 Å². The average molecular weight is 237 g/mol. The Bertz CT molecular complexity index is 388. The molecule has 0 aliphatic rings. The van der Waals surface area contributed by atoms with Crippen LogP contribution in [0, 0.1) is 0 Å². The molecule has 0 unspecified atom stereocenters. The first-order valence-electron chi connectivity index (χ1n) is 5.44. The normalized spacial score (nSPS) is 10.6. The highest BCUT2D eigenvalue weighted by molar-refractivity contribution is 5.66. The third-order valence-corrected chi connectivity index (χ3v) is 2.37. The third-order valence-electron chi connectivity index (χ3n) is 2.37. The van der Waals surface area contributed by atoms with Crippen molar-refractivity contribution in [3.63, 3.8) is 0 Å². The SMILES string of the molecule is COc1ccc(C=CCCN)c(OC)c1OC. The second kappa shape index (κ2) is 6.81. The lowest BCUT2D eigenvalue weighted by Gasteiger charge is -2.13. The smallest absolute Gasteiger partial charge is 0.203 e. The Hall–Kier alpha value is -1.68. The zero-order chi connectivity index (χ0) is 12.7. The van der Waals surface area contributed by atoms with E-state index in [-0.39, 0.29) is 0 Å². The van der Waals surface area contributed by atoms with Crippen molar-refractivity contribution in [2.45, 2.75) is 6.42 Å². The van der Waals surface area contributed by atoms with Crippen LogP contribution in [0.5, 0.6) is 17.2 Å². The molecule has 0 bridgehead atoms. The molecular formula is C13H19NO3. The van der Waals surface area contributed by atoms with E-state index >= 15 is 0 Å². The predicted molar refractivity (Wildman–Crippen MR) is 68.8 cm³/mol. The van der Waals surface area contributed by atoms with Crippen molar-refractivity contribution in [2.75, 3.05) is 27.9 Å². The molecule has 0 radical (unpaired) electrons. The minimum Gasteiger partial charge on any atom is -0.493 e. The van der Waals surface area contributed by atoms with Crippen LogP contribution in [-0.2, 0) is 0 Å². The van der Waals surface area contributed by atoms with Gasteiger partial charge < -0.3 is 19.9 Å². The first kappa shape index (κ1) is 13.4. The van der Waals surface area contributed by atoms with Crippen LogP contribution < -0.4 is 19.9 Å². The van der Waals surface area contributed by atoms with Gasteiger partial charge in [-0.25, -0.2) is 0 Å². The molecule has 0 atom stereocenters. The monoisotopic (exact) mass is 237 g/mol. The van der Waals surface area contributed by atoms with Crippen LogP contribution in [0.25, 0.3) is 6.08 Å². The number of hydrogen-bond acceptors (Lipinski definition) is 4. The fourth-order valence-corrected chi connectivity index (χ4v) is 1.56. The maximum Gasteiger partial charge on any atom is 0.203 e. The minimum atomic E-state index is 0.602. The van der Waals surface area contributed by atoms with Crippen LogP contribution in [0.4, 0.5) is 0 Å². The van der Waals surface area contributed by atoms with Crippen LogP contribution in [0.2, 0.25) is 0 Å². The zero-order valence-corrected chi connectivity index (χ0v) is 10.5. The molecule has 0 aliphatic heterocycles. The van der Waals surface area contributed by atoms with Gasteiger partial charge in [0.05, 0.1) is 21.3 Å². The van der Waals surface area contributed by atoms with Crippen LogP contribution >= 0.6 is 0 Å². The molecule has 94 valence electrons. The number of ether oxygens (including phenoxy) is 3. The molecule has 1 rings (SSSR count). The summed E-state index contributed by atoms with van der Waals surface area (Å²) in [6.07, 6.45) is 4.80. The maximum absolute atomic E-state index is 5.44. The van der Waals surface area contributed by atoms with Gasteiger partial charge in [0.1, 0.15) is 0 Å². The molecule has 0 amide bonds. The van der Waals surface area contributed by atoms with E-state index in [4.69, 9.17) is 19.9 Å². The first-order valence-corrected chi connectivity index (χ1v) is 5.44. The predicted octanol–water partition coefficient (Wildman–Crippen LogP) is 2.07. The second-order valence-corrected chi connectivity index (χ2v) is 3.40. The van der Waals surface area contributed by atoms with Gasteiger partial charge >= 0.3 is 0 Å². The standard InChI is InChI=1S/C13H19NO3/c1-15-11-8-7-10(6-4-5-9-14)12(16-2)13(11)17-3/h4,6-8H,5,9,14H2,1-3H3. The highest BCUT2D eigenvalue weighted by Gasteiger charge is 2.13. The Morgan fingerprint density at radius 3 is 2.29 bits per heavy atom.